The lowest BCUT2D eigenvalue weighted by atomic mass is 10.2. The summed E-state index contributed by atoms with van der Waals surface area (Å²) in [6.07, 6.45) is 5.22. The third-order valence-corrected chi connectivity index (χ3v) is 3.60. The van der Waals surface area contributed by atoms with E-state index in [9.17, 15) is 4.79 Å². The number of imidazole rings is 2. The minimum absolute atomic E-state index is 0.133. The third-order valence-electron chi connectivity index (χ3n) is 3.19. The highest BCUT2D eigenvalue weighted by atomic mass is 79.9. The van der Waals surface area contributed by atoms with Crippen molar-refractivity contribution in [2.45, 2.75) is 19.4 Å². The maximum Gasteiger partial charge on any atom is 0.287 e. The minimum Gasteiger partial charge on any atom is -0.396 e. The molecule has 0 aromatic carbocycles. The molecule has 122 valence electrons. The summed E-state index contributed by atoms with van der Waals surface area (Å²) in [4.78, 5) is 22.9. The van der Waals surface area contributed by atoms with Crippen molar-refractivity contribution < 1.29 is 4.79 Å². The van der Waals surface area contributed by atoms with Gasteiger partial charge in [-0.25, -0.2) is 14.5 Å². The van der Waals surface area contributed by atoms with E-state index in [0.29, 0.717) is 28.1 Å². The average Bonchev–Trinajstić information content (AvgIpc) is 3.15. The number of H-pyrrole nitrogens is 1. The summed E-state index contributed by atoms with van der Waals surface area (Å²) < 4.78 is 2.24. The van der Waals surface area contributed by atoms with Crippen LogP contribution < -0.4 is 11.1 Å². The van der Waals surface area contributed by atoms with Crippen molar-refractivity contribution in [1.82, 2.24) is 29.9 Å². The lowest BCUT2D eigenvalue weighted by Gasteiger charge is -2.08. The number of nitrogens with two attached hydrogens (primary N) is 1. The van der Waals surface area contributed by atoms with Crippen LogP contribution in [0.2, 0.25) is 0 Å². The topological polar surface area (TPSA) is 114 Å². The quantitative estimate of drug-likeness (QED) is 0.587. The van der Waals surface area contributed by atoms with E-state index in [4.69, 9.17) is 5.73 Å². The average molecular weight is 388 g/mol. The fraction of sp³-hybridized carbons (Fsp3) is 0.200. The fourth-order valence-electron chi connectivity index (χ4n) is 2.05. The van der Waals surface area contributed by atoms with Gasteiger partial charge in [0.2, 0.25) is 0 Å². The molecule has 3 heterocycles. The van der Waals surface area contributed by atoms with E-state index in [1.54, 1.807) is 23.0 Å². The zero-order chi connectivity index (χ0) is 17.1. The van der Waals surface area contributed by atoms with E-state index in [2.05, 4.69) is 53.1 Å². The Hall–Kier alpha value is -2.86. The first-order valence-corrected chi connectivity index (χ1v) is 7.92. The highest BCUT2D eigenvalue weighted by molar-refractivity contribution is 9.10. The molecule has 8 nitrogen and oxygen atoms in total. The summed E-state index contributed by atoms with van der Waals surface area (Å²) in [5.74, 6) is 5.98. The SMILES string of the molecule is C[C@@H](CC#Cc1cnc2c(N)ccnn12)NC(=O)c1ncc(Br)[nH]1. The Bertz CT molecular complexity index is 950. The predicted octanol–water partition coefficient (Wildman–Crippen LogP) is 1.36. The summed E-state index contributed by atoms with van der Waals surface area (Å²) in [7, 11) is 0. The Labute approximate surface area is 146 Å². The van der Waals surface area contributed by atoms with Crippen LogP contribution in [-0.2, 0) is 0 Å². The van der Waals surface area contributed by atoms with Gasteiger partial charge >= 0.3 is 0 Å². The van der Waals surface area contributed by atoms with Crippen LogP contribution in [0.15, 0.2) is 29.3 Å². The van der Waals surface area contributed by atoms with Gasteiger partial charge in [0.25, 0.3) is 5.91 Å². The van der Waals surface area contributed by atoms with E-state index < -0.39 is 0 Å². The molecule has 0 fully saturated rings. The number of aromatic amines is 1. The molecule has 0 saturated carbocycles. The molecule has 4 N–H and O–H groups in total. The Morgan fingerprint density at radius 2 is 2.33 bits per heavy atom. The van der Waals surface area contributed by atoms with Crippen LogP contribution in [0, 0.1) is 11.8 Å². The summed E-state index contributed by atoms with van der Waals surface area (Å²) in [6.45, 7) is 1.87. The number of aromatic nitrogens is 5. The molecule has 9 heteroatoms. The Kier molecular flexibility index (Phi) is 4.48. The third kappa shape index (κ3) is 3.38. The highest BCUT2D eigenvalue weighted by Crippen LogP contribution is 2.10. The fourth-order valence-corrected chi connectivity index (χ4v) is 2.34. The molecule has 0 bridgehead atoms. The number of nitrogens with one attached hydrogen (secondary N) is 2. The van der Waals surface area contributed by atoms with E-state index in [1.165, 1.54) is 6.20 Å². The summed E-state index contributed by atoms with van der Waals surface area (Å²) in [5, 5.41) is 7.00. The van der Waals surface area contributed by atoms with Gasteiger partial charge in [-0.2, -0.15) is 5.10 Å². The maximum atomic E-state index is 12.0. The largest absolute Gasteiger partial charge is 0.396 e. The first-order valence-electron chi connectivity index (χ1n) is 7.13. The predicted molar refractivity (Wildman–Crippen MR) is 92.1 cm³/mol. The number of rotatable bonds is 3. The molecule has 3 aromatic heterocycles. The molecule has 0 aliphatic rings. The van der Waals surface area contributed by atoms with Gasteiger partial charge in [0.1, 0.15) is 10.3 Å². The van der Waals surface area contributed by atoms with Gasteiger partial charge in [0.15, 0.2) is 11.5 Å². The summed E-state index contributed by atoms with van der Waals surface area (Å²) >= 11 is 3.21. The van der Waals surface area contributed by atoms with E-state index in [1.807, 2.05) is 6.92 Å². The maximum absolute atomic E-state index is 12.0. The van der Waals surface area contributed by atoms with Gasteiger partial charge < -0.3 is 16.0 Å². The zero-order valence-corrected chi connectivity index (χ0v) is 14.3. The number of carbonyl (C=O) groups excluding carboxylic acids is 1. The van der Waals surface area contributed by atoms with Gasteiger partial charge in [-0.05, 0) is 34.8 Å². The van der Waals surface area contributed by atoms with E-state index in [0.717, 1.165) is 0 Å². The van der Waals surface area contributed by atoms with Gasteiger partial charge in [-0.1, -0.05) is 5.92 Å². The molecule has 3 rings (SSSR count). The van der Waals surface area contributed by atoms with Gasteiger partial charge in [0.05, 0.1) is 24.3 Å². The number of nitrogens with zero attached hydrogens (tertiary/aromatic N) is 4. The van der Waals surface area contributed by atoms with Crippen LogP contribution in [0.25, 0.3) is 5.65 Å². The number of hydrogen-bond donors (Lipinski definition) is 3. The van der Waals surface area contributed by atoms with Crippen molar-refractivity contribution in [2.24, 2.45) is 0 Å². The number of hydrogen-bond acceptors (Lipinski definition) is 5. The molecule has 0 unspecified atom stereocenters. The van der Waals surface area contributed by atoms with Gasteiger partial charge in [-0.15, -0.1) is 0 Å². The second-order valence-electron chi connectivity index (χ2n) is 5.13. The van der Waals surface area contributed by atoms with Crippen molar-refractivity contribution in [1.29, 1.82) is 0 Å². The molecule has 0 aliphatic heterocycles. The molecule has 1 amide bonds. The van der Waals surface area contributed by atoms with Crippen LogP contribution >= 0.6 is 15.9 Å². The van der Waals surface area contributed by atoms with Crippen LogP contribution in [0.4, 0.5) is 5.69 Å². The zero-order valence-electron chi connectivity index (χ0n) is 12.7. The highest BCUT2D eigenvalue weighted by Gasteiger charge is 2.12. The second-order valence-corrected chi connectivity index (χ2v) is 5.98. The normalized spacial score (nSPS) is 11.8. The minimum atomic E-state index is -0.278. The van der Waals surface area contributed by atoms with Gasteiger partial charge in [0, 0.05) is 12.5 Å². The Morgan fingerprint density at radius 1 is 1.50 bits per heavy atom. The number of amides is 1. The van der Waals surface area contributed by atoms with Crippen molar-refractivity contribution in [3.8, 4) is 11.8 Å². The molecular weight excluding hydrogens is 374 g/mol. The monoisotopic (exact) mass is 387 g/mol. The first kappa shape index (κ1) is 16.0. The molecule has 0 saturated heterocycles. The van der Waals surface area contributed by atoms with Crippen molar-refractivity contribution >= 4 is 33.2 Å². The van der Waals surface area contributed by atoms with Crippen LogP contribution in [-0.4, -0.2) is 36.5 Å². The van der Waals surface area contributed by atoms with Gasteiger partial charge in [-0.3, -0.25) is 4.79 Å². The number of carbonyl (C=O) groups is 1. The number of anilines is 1. The lowest BCUT2D eigenvalue weighted by Crippen LogP contribution is -2.32. The smallest absolute Gasteiger partial charge is 0.287 e. The number of fused-ring (bicyclic) bond motifs is 1. The molecule has 0 radical (unpaired) electrons. The van der Waals surface area contributed by atoms with E-state index >= 15 is 0 Å². The Balaban J connectivity index is 1.64. The molecule has 0 aliphatic carbocycles. The molecular formula is C15H14BrN7O. The van der Waals surface area contributed by atoms with E-state index in [-0.39, 0.29) is 17.8 Å². The second kappa shape index (κ2) is 6.72. The number of halogens is 1. The first-order chi connectivity index (χ1) is 11.5. The standard InChI is InChI=1S/C15H14BrN7O/c1-9(21-15(24)13-18-8-12(16)22-13)3-2-4-10-7-19-14-11(17)5-6-20-23(10)14/h5-9H,3,17H2,1H3,(H,18,22)(H,21,24)/t9-/m0/s1. The van der Waals surface area contributed by atoms with Crippen LogP contribution in [0.3, 0.4) is 0 Å². The van der Waals surface area contributed by atoms with Crippen molar-refractivity contribution in [3.05, 3.63) is 40.8 Å². The summed E-state index contributed by atoms with van der Waals surface area (Å²) in [6, 6.07) is 1.55. The molecule has 1 atom stereocenters. The lowest BCUT2D eigenvalue weighted by molar-refractivity contribution is 0.0931. The molecule has 24 heavy (non-hydrogen) atoms. The van der Waals surface area contributed by atoms with Crippen LogP contribution in [0.5, 0.6) is 0 Å². The molecule has 0 spiro atoms. The Morgan fingerprint density at radius 3 is 3.08 bits per heavy atom. The van der Waals surface area contributed by atoms with Crippen LogP contribution in [0.1, 0.15) is 29.7 Å². The van der Waals surface area contributed by atoms with Crippen molar-refractivity contribution in [3.63, 3.8) is 0 Å². The van der Waals surface area contributed by atoms with Crippen molar-refractivity contribution in [2.75, 3.05) is 5.73 Å². The molecule has 3 aromatic rings. The number of nitrogen functional groups attached to an aromatic ring is 1. The summed E-state index contributed by atoms with van der Waals surface area (Å²) in [5.41, 5.74) is 7.59.